The summed E-state index contributed by atoms with van der Waals surface area (Å²) in [4.78, 5) is 10.6. The Kier molecular flexibility index (Phi) is 4.92. The molecule has 0 saturated carbocycles. The van der Waals surface area contributed by atoms with E-state index in [9.17, 15) is 4.79 Å². The molecule has 0 aliphatic rings. The van der Waals surface area contributed by atoms with E-state index in [-0.39, 0.29) is 5.91 Å². The highest BCUT2D eigenvalue weighted by molar-refractivity contribution is 5.80. The first-order valence-corrected chi connectivity index (χ1v) is 4.24. The maximum atomic E-state index is 10.6. The van der Waals surface area contributed by atoms with Gasteiger partial charge in [0.15, 0.2) is 0 Å². The van der Waals surface area contributed by atoms with Crippen LogP contribution >= 0.6 is 0 Å². The van der Waals surface area contributed by atoms with Crippen molar-refractivity contribution in [1.82, 2.24) is 5.32 Å². The van der Waals surface area contributed by atoms with Crippen molar-refractivity contribution in [3.05, 3.63) is 6.92 Å². The molecule has 0 aliphatic heterocycles. The fourth-order valence-corrected chi connectivity index (χ4v) is 1.14. The predicted octanol–water partition coefficient (Wildman–Crippen LogP) is 1.76. The lowest BCUT2D eigenvalue weighted by atomic mass is 9.97. The number of hydrogen-bond acceptors (Lipinski definition) is 1. The summed E-state index contributed by atoms with van der Waals surface area (Å²) in [5.41, 5.74) is 0. The minimum atomic E-state index is -0.169. The second kappa shape index (κ2) is 5.16. The van der Waals surface area contributed by atoms with Crippen LogP contribution in [0.3, 0.4) is 0 Å². The topological polar surface area (TPSA) is 29.1 Å². The van der Waals surface area contributed by atoms with Crippen LogP contribution in [-0.2, 0) is 4.79 Å². The highest BCUT2D eigenvalue weighted by Gasteiger charge is 2.13. The van der Waals surface area contributed by atoms with Gasteiger partial charge in [-0.15, -0.1) is 0 Å². The summed E-state index contributed by atoms with van der Waals surface area (Å²) in [5.74, 6) is 0.378. The van der Waals surface area contributed by atoms with Gasteiger partial charge in [-0.1, -0.05) is 27.2 Å². The van der Waals surface area contributed by atoms with E-state index in [1.54, 1.807) is 0 Å². The molecule has 2 heteroatoms. The van der Waals surface area contributed by atoms with E-state index in [0.717, 1.165) is 12.8 Å². The maximum absolute atomic E-state index is 10.6. The average molecular weight is 156 g/mol. The molecule has 0 fully saturated rings. The molecule has 0 bridgehead atoms. The molecule has 2 unspecified atom stereocenters. The molecule has 1 N–H and O–H groups in total. The van der Waals surface area contributed by atoms with Gasteiger partial charge in [-0.05, 0) is 12.3 Å². The summed E-state index contributed by atoms with van der Waals surface area (Å²) >= 11 is 0. The molecule has 2 atom stereocenters. The molecule has 0 aliphatic carbocycles. The summed E-state index contributed by atoms with van der Waals surface area (Å²) in [6.45, 7) is 9.64. The van der Waals surface area contributed by atoms with Crippen molar-refractivity contribution < 1.29 is 4.79 Å². The highest BCUT2D eigenvalue weighted by Crippen LogP contribution is 2.09. The van der Waals surface area contributed by atoms with E-state index < -0.39 is 0 Å². The van der Waals surface area contributed by atoms with Crippen LogP contribution in [0.15, 0.2) is 0 Å². The van der Waals surface area contributed by atoms with Crippen LogP contribution in [0.2, 0.25) is 0 Å². The van der Waals surface area contributed by atoms with Crippen molar-refractivity contribution in [2.75, 3.05) is 0 Å². The molecular weight excluding hydrogens is 138 g/mol. The van der Waals surface area contributed by atoms with E-state index >= 15 is 0 Å². The van der Waals surface area contributed by atoms with Crippen molar-refractivity contribution in [3.63, 3.8) is 0 Å². The summed E-state index contributed by atoms with van der Waals surface area (Å²) in [5, 5.41) is 2.83. The zero-order valence-electron chi connectivity index (χ0n) is 7.68. The Morgan fingerprint density at radius 3 is 2.27 bits per heavy atom. The standard InChI is InChI=1S/C9H18NO/c1-5-7(3)9(6-2)10-8(4)11/h7,9H,4-6H2,1-3H3,(H,10,11). The smallest absolute Gasteiger partial charge is 0.220 e. The molecule has 1 radical (unpaired) electrons. The van der Waals surface area contributed by atoms with Gasteiger partial charge in [-0.25, -0.2) is 0 Å². The van der Waals surface area contributed by atoms with E-state index in [2.05, 4.69) is 33.0 Å². The Balaban J connectivity index is 3.84. The lowest BCUT2D eigenvalue weighted by Crippen LogP contribution is -2.37. The third-order valence-electron chi connectivity index (χ3n) is 2.12. The SMILES string of the molecule is [CH2]C(=O)NC(CC)C(C)CC. The number of carbonyl (C=O) groups excluding carboxylic acids is 1. The zero-order chi connectivity index (χ0) is 8.85. The van der Waals surface area contributed by atoms with Crippen LogP contribution in [0.5, 0.6) is 0 Å². The fraction of sp³-hybridized carbons (Fsp3) is 0.778. The number of amides is 1. The van der Waals surface area contributed by atoms with Crippen LogP contribution in [0, 0.1) is 12.8 Å². The number of nitrogens with one attached hydrogen (secondary N) is 1. The second-order valence-electron chi connectivity index (χ2n) is 2.97. The van der Waals surface area contributed by atoms with Gasteiger partial charge in [0.25, 0.3) is 0 Å². The number of carbonyl (C=O) groups is 1. The minimum Gasteiger partial charge on any atom is -0.353 e. The van der Waals surface area contributed by atoms with E-state index in [0.29, 0.717) is 12.0 Å². The summed E-state index contributed by atoms with van der Waals surface area (Å²) in [6.07, 6.45) is 2.08. The minimum absolute atomic E-state index is 0.169. The van der Waals surface area contributed by atoms with Gasteiger partial charge in [0.1, 0.15) is 0 Å². The molecule has 0 rings (SSSR count). The first kappa shape index (κ1) is 10.5. The average Bonchev–Trinajstić information content (AvgIpc) is 1.98. The Labute approximate surface area is 69.4 Å². The monoisotopic (exact) mass is 156 g/mol. The van der Waals surface area contributed by atoms with Crippen molar-refractivity contribution in [1.29, 1.82) is 0 Å². The van der Waals surface area contributed by atoms with Gasteiger partial charge in [0.05, 0.1) is 0 Å². The first-order valence-electron chi connectivity index (χ1n) is 4.24. The van der Waals surface area contributed by atoms with Crippen molar-refractivity contribution in [3.8, 4) is 0 Å². The maximum Gasteiger partial charge on any atom is 0.220 e. The Bertz CT molecular complexity index is 123. The largest absolute Gasteiger partial charge is 0.353 e. The lowest BCUT2D eigenvalue weighted by molar-refractivity contribution is -0.117. The molecule has 0 saturated heterocycles. The van der Waals surface area contributed by atoms with Gasteiger partial charge in [0.2, 0.25) is 5.91 Å². The lowest BCUT2D eigenvalue weighted by Gasteiger charge is -2.21. The van der Waals surface area contributed by atoms with Crippen LogP contribution in [0.4, 0.5) is 0 Å². The zero-order valence-corrected chi connectivity index (χ0v) is 7.68. The van der Waals surface area contributed by atoms with Crippen LogP contribution in [-0.4, -0.2) is 11.9 Å². The Morgan fingerprint density at radius 1 is 1.45 bits per heavy atom. The van der Waals surface area contributed by atoms with Crippen LogP contribution < -0.4 is 5.32 Å². The predicted molar refractivity (Wildman–Crippen MR) is 47.0 cm³/mol. The van der Waals surface area contributed by atoms with Gasteiger partial charge in [-0.3, -0.25) is 4.79 Å². The molecule has 0 aromatic heterocycles. The fourth-order valence-electron chi connectivity index (χ4n) is 1.14. The van der Waals surface area contributed by atoms with E-state index in [1.807, 2.05) is 0 Å². The molecule has 0 spiro atoms. The quantitative estimate of drug-likeness (QED) is 0.660. The van der Waals surface area contributed by atoms with Gasteiger partial charge in [0, 0.05) is 13.0 Å². The molecule has 2 nitrogen and oxygen atoms in total. The normalized spacial score (nSPS) is 15.6. The van der Waals surface area contributed by atoms with Crippen LogP contribution in [0.1, 0.15) is 33.6 Å². The van der Waals surface area contributed by atoms with E-state index in [1.165, 1.54) is 0 Å². The third kappa shape index (κ3) is 4.02. The molecule has 11 heavy (non-hydrogen) atoms. The van der Waals surface area contributed by atoms with Gasteiger partial charge < -0.3 is 5.32 Å². The van der Waals surface area contributed by atoms with Crippen molar-refractivity contribution in [2.45, 2.75) is 39.7 Å². The summed E-state index contributed by atoms with van der Waals surface area (Å²) in [7, 11) is 0. The second-order valence-corrected chi connectivity index (χ2v) is 2.97. The van der Waals surface area contributed by atoms with Gasteiger partial charge >= 0.3 is 0 Å². The molecule has 65 valence electrons. The summed E-state index contributed by atoms with van der Waals surface area (Å²) < 4.78 is 0. The first-order chi connectivity index (χ1) is 5.11. The molecule has 0 aromatic carbocycles. The molecule has 1 amide bonds. The number of hydrogen-bond donors (Lipinski definition) is 1. The highest BCUT2D eigenvalue weighted by atomic mass is 16.1. The van der Waals surface area contributed by atoms with Gasteiger partial charge in [-0.2, -0.15) is 0 Å². The van der Waals surface area contributed by atoms with Crippen LogP contribution in [0.25, 0.3) is 0 Å². The van der Waals surface area contributed by atoms with Crippen molar-refractivity contribution in [2.24, 2.45) is 5.92 Å². The Morgan fingerprint density at radius 2 is 2.00 bits per heavy atom. The van der Waals surface area contributed by atoms with E-state index in [4.69, 9.17) is 0 Å². The summed E-state index contributed by atoms with van der Waals surface area (Å²) in [6, 6.07) is 0.296. The molecular formula is C9H18NO. The Hall–Kier alpha value is -0.530. The molecule has 0 heterocycles. The molecule has 0 aromatic rings. The van der Waals surface area contributed by atoms with Crippen molar-refractivity contribution >= 4 is 5.91 Å². The third-order valence-corrected chi connectivity index (χ3v) is 2.12. The number of rotatable bonds is 4.